The van der Waals surface area contributed by atoms with Crippen LogP contribution in [0, 0.1) is 0 Å². The van der Waals surface area contributed by atoms with Crippen LogP contribution in [0.1, 0.15) is 5.82 Å². The first-order chi connectivity index (χ1) is 8.33. The Balaban J connectivity index is 1.46. The molecule has 2 fully saturated rings. The molecule has 0 atom stereocenters. The first-order valence-electron chi connectivity index (χ1n) is 6.46. The Labute approximate surface area is 102 Å². The van der Waals surface area contributed by atoms with E-state index in [-0.39, 0.29) is 0 Å². The molecule has 94 valence electrons. The van der Waals surface area contributed by atoms with Gasteiger partial charge in [-0.05, 0) is 0 Å². The van der Waals surface area contributed by atoms with Gasteiger partial charge in [-0.1, -0.05) is 0 Å². The smallest absolute Gasteiger partial charge is 0.122 e. The number of likely N-dealkylation sites (tertiary alicyclic amines) is 1. The molecule has 5 heteroatoms. The van der Waals surface area contributed by atoms with Crippen molar-refractivity contribution in [3.8, 4) is 0 Å². The van der Waals surface area contributed by atoms with Crippen LogP contribution in [0.5, 0.6) is 0 Å². The third-order valence-corrected chi connectivity index (χ3v) is 3.89. The monoisotopic (exact) mass is 235 g/mol. The summed E-state index contributed by atoms with van der Waals surface area (Å²) in [4.78, 5) is 9.47. The highest BCUT2D eigenvalue weighted by Gasteiger charge is 2.32. The molecule has 5 nitrogen and oxygen atoms in total. The van der Waals surface area contributed by atoms with Gasteiger partial charge in [0, 0.05) is 64.8 Å². The number of hydrogen-bond acceptors (Lipinski definition) is 4. The van der Waals surface area contributed by atoms with Crippen molar-refractivity contribution in [1.29, 1.82) is 0 Å². The molecule has 1 aromatic rings. The molecule has 1 aromatic heterocycles. The quantitative estimate of drug-likeness (QED) is 0.767. The molecule has 2 aliphatic heterocycles. The molecular formula is C12H21N5. The van der Waals surface area contributed by atoms with E-state index >= 15 is 0 Å². The van der Waals surface area contributed by atoms with E-state index in [1.807, 2.05) is 12.4 Å². The van der Waals surface area contributed by atoms with Crippen molar-refractivity contribution in [1.82, 2.24) is 24.7 Å². The van der Waals surface area contributed by atoms with Crippen molar-refractivity contribution in [2.24, 2.45) is 7.05 Å². The molecule has 0 spiro atoms. The van der Waals surface area contributed by atoms with Crippen LogP contribution >= 0.6 is 0 Å². The van der Waals surface area contributed by atoms with E-state index in [9.17, 15) is 0 Å². The fraction of sp³-hybridized carbons (Fsp3) is 0.750. The third kappa shape index (κ3) is 2.36. The number of rotatable bonds is 3. The molecule has 17 heavy (non-hydrogen) atoms. The summed E-state index contributed by atoms with van der Waals surface area (Å²) in [7, 11) is 2.07. The van der Waals surface area contributed by atoms with Crippen molar-refractivity contribution < 1.29 is 0 Å². The summed E-state index contributed by atoms with van der Waals surface area (Å²) in [6, 6.07) is 0.775. The molecule has 0 unspecified atom stereocenters. The molecule has 3 rings (SSSR count). The zero-order valence-corrected chi connectivity index (χ0v) is 10.5. The van der Waals surface area contributed by atoms with Crippen LogP contribution in [0.25, 0.3) is 0 Å². The van der Waals surface area contributed by atoms with Gasteiger partial charge in [-0.25, -0.2) is 4.98 Å². The molecular weight excluding hydrogens is 214 g/mol. The fourth-order valence-electron chi connectivity index (χ4n) is 2.70. The molecule has 0 aliphatic carbocycles. The van der Waals surface area contributed by atoms with Gasteiger partial charge >= 0.3 is 0 Å². The van der Waals surface area contributed by atoms with E-state index in [1.165, 1.54) is 32.0 Å². The van der Waals surface area contributed by atoms with E-state index in [2.05, 4.69) is 31.7 Å². The second-order valence-electron chi connectivity index (χ2n) is 5.09. The predicted molar refractivity (Wildman–Crippen MR) is 66.7 cm³/mol. The molecule has 0 amide bonds. The normalized spacial score (nSPS) is 23.8. The molecule has 0 aromatic carbocycles. The van der Waals surface area contributed by atoms with Gasteiger partial charge in [-0.3, -0.25) is 9.80 Å². The Bertz CT molecular complexity index is 363. The third-order valence-electron chi connectivity index (χ3n) is 3.89. The van der Waals surface area contributed by atoms with Gasteiger partial charge < -0.3 is 9.88 Å². The Morgan fingerprint density at radius 3 is 2.76 bits per heavy atom. The zero-order chi connectivity index (χ0) is 11.7. The molecule has 2 saturated heterocycles. The molecule has 2 aliphatic rings. The summed E-state index contributed by atoms with van der Waals surface area (Å²) in [5, 5.41) is 3.40. The highest BCUT2D eigenvalue weighted by Crippen LogP contribution is 2.17. The molecule has 3 heterocycles. The average Bonchev–Trinajstić information content (AvgIpc) is 2.70. The van der Waals surface area contributed by atoms with Crippen LogP contribution in [-0.4, -0.2) is 64.7 Å². The number of imidazole rings is 1. The lowest BCUT2D eigenvalue weighted by Crippen LogP contribution is -2.62. The molecule has 1 N–H and O–H groups in total. The molecule has 0 bridgehead atoms. The van der Waals surface area contributed by atoms with Gasteiger partial charge in [-0.2, -0.15) is 0 Å². The fourth-order valence-corrected chi connectivity index (χ4v) is 2.70. The lowest BCUT2D eigenvalue weighted by molar-refractivity contribution is 0.0203. The van der Waals surface area contributed by atoms with E-state index in [4.69, 9.17) is 0 Å². The number of aryl methyl sites for hydroxylation is 1. The second kappa shape index (κ2) is 4.76. The van der Waals surface area contributed by atoms with Crippen molar-refractivity contribution >= 4 is 0 Å². The molecule has 0 saturated carbocycles. The van der Waals surface area contributed by atoms with Gasteiger partial charge in [0.2, 0.25) is 0 Å². The van der Waals surface area contributed by atoms with Crippen molar-refractivity contribution in [2.45, 2.75) is 12.6 Å². The topological polar surface area (TPSA) is 36.3 Å². The van der Waals surface area contributed by atoms with Gasteiger partial charge in [-0.15, -0.1) is 0 Å². The minimum Gasteiger partial charge on any atom is -0.337 e. The maximum Gasteiger partial charge on any atom is 0.122 e. The van der Waals surface area contributed by atoms with E-state index in [0.717, 1.165) is 25.7 Å². The highest BCUT2D eigenvalue weighted by atomic mass is 15.3. The van der Waals surface area contributed by atoms with E-state index in [1.54, 1.807) is 0 Å². The number of piperazine rings is 1. The van der Waals surface area contributed by atoms with Crippen LogP contribution in [0.15, 0.2) is 12.4 Å². The van der Waals surface area contributed by atoms with Crippen LogP contribution in [0.4, 0.5) is 0 Å². The summed E-state index contributed by atoms with van der Waals surface area (Å²) in [6.07, 6.45) is 3.89. The Morgan fingerprint density at radius 2 is 2.12 bits per heavy atom. The number of hydrogen-bond donors (Lipinski definition) is 1. The highest BCUT2D eigenvalue weighted by molar-refractivity contribution is 4.96. The lowest BCUT2D eigenvalue weighted by atomic mass is 10.1. The molecule has 0 radical (unpaired) electrons. The number of nitrogens with one attached hydrogen (secondary N) is 1. The van der Waals surface area contributed by atoms with E-state index in [0.29, 0.717) is 0 Å². The number of aromatic nitrogens is 2. The van der Waals surface area contributed by atoms with E-state index < -0.39 is 0 Å². The number of nitrogens with zero attached hydrogens (tertiary/aromatic N) is 4. The minimum atomic E-state index is 0.775. The van der Waals surface area contributed by atoms with Gasteiger partial charge in [0.15, 0.2) is 0 Å². The summed E-state index contributed by atoms with van der Waals surface area (Å²) in [5.41, 5.74) is 0. The standard InChI is InChI=1S/C12H21N5/c1-15-5-4-14-12(15)10-16-8-11(9-16)17-6-2-13-3-7-17/h4-5,11,13H,2-3,6-10H2,1H3. The maximum absolute atomic E-state index is 4.37. The van der Waals surface area contributed by atoms with Gasteiger partial charge in [0.05, 0.1) is 6.54 Å². The Hall–Kier alpha value is -0.910. The zero-order valence-electron chi connectivity index (χ0n) is 10.5. The first-order valence-corrected chi connectivity index (χ1v) is 6.46. The van der Waals surface area contributed by atoms with Crippen LogP contribution in [0.2, 0.25) is 0 Å². The van der Waals surface area contributed by atoms with Crippen LogP contribution in [0.3, 0.4) is 0 Å². The summed E-state index contributed by atoms with van der Waals surface area (Å²) in [6.45, 7) is 8.11. The predicted octanol–water partition coefficient (Wildman–Crippen LogP) is -0.490. The summed E-state index contributed by atoms with van der Waals surface area (Å²) < 4.78 is 2.11. The first kappa shape index (κ1) is 11.2. The van der Waals surface area contributed by atoms with Crippen LogP contribution < -0.4 is 5.32 Å². The average molecular weight is 235 g/mol. The Kier molecular flexibility index (Phi) is 3.13. The largest absolute Gasteiger partial charge is 0.337 e. The van der Waals surface area contributed by atoms with Gasteiger partial charge in [0.1, 0.15) is 5.82 Å². The van der Waals surface area contributed by atoms with Crippen molar-refractivity contribution in [3.05, 3.63) is 18.2 Å². The van der Waals surface area contributed by atoms with Crippen molar-refractivity contribution in [2.75, 3.05) is 39.3 Å². The lowest BCUT2D eigenvalue weighted by Gasteiger charge is -2.46. The second-order valence-corrected chi connectivity index (χ2v) is 5.09. The van der Waals surface area contributed by atoms with Crippen molar-refractivity contribution in [3.63, 3.8) is 0 Å². The summed E-state index contributed by atoms with van der Waals surface area (Å²) >= 11 is 0. The minimum absolute atomic E-state index is 0.775. The maximum atomic E-state index is 4.37. The Morgan fingerprint density at radius 1 is 1.35 bits per heavy atom. The van der Waals surface area contributed by atoms with Crippen LogP contribution in [-0.2, 0) is 13.6 Å². The van der Waals surface area contributed by atoms with Gasteiger partial charge in [0.25, 0.3) is 0 Å². The summed E-state index contributed by atoms with van der Waals surface area (Å²) in [5.74, 6) is 1.17. The SMILES string of the molecule is Cn1ccnc1CN1CC(N2CCNCC2)C1.